The molecule has 0 saturated heterocycles. The van der Waals surface area contributed by atoms with Gasteiger partial charge in [0.2, 0.25) is 5.91 Å². The topological polar surface area (TPSA) is 107 Å². The summed E-state index contributed by atoms with van der Waals surface area (Å²) in [5.74, 6) is 1.87. The number of hydrogen-bond donors (Lipinski definition) is 2. The van der Waals surface area contributed by atoms with E-state index in [4.69, 9.17) is 9.47 Å². The van der Waals surface area contributed by atoms with Gasteiger partial charge < -0.3 is 24.7 Å². The molecule has 0 bridgehead atoms. The van der Waals surface area contributed by atoms with Crippen LogP contribution in [-0.2, 0) is 11.3 Å². The average Bonchev–Trinajstić information content (AvgIpc) is 3.27. The first-order valence-corrected chi connectivity index (χ1v) is 12.0. The van der Waals surface area contributed by atoms with E-state index in [0.717, 1.165) is 5.75 Å². The molecule has 0 aliphatic rings. The third kappa shape index (κ3) is 6.50. The van der Waals surface area contributed by atoms with Crippen LogP contribution in [0.15, 0.2) is 53.7 Å². The van der Waals surface area contributed by atoms with Crippen LogP contribution in [-0.4, -0.2) is 46.0 Å². The number of rotatable bonds is 11. The Balaban J connectivity index is 1.58. The Bertz CT molecular complexity index is 1100. The molecule has 2 aromatic carbocycles. The van der Waals surface area contributed by atoms with Crippen molar-refractivity contribution in [2.45, 2.75) is 38.5 Å². The Morgan fingerprint density at radius 3 is 2.32 bits per heavy atom. The summed E-state index contributed by atoms with van der Waals surface area (Å²) < 4.78 is 12.4. The third-order valence-electron chi connectivity index (χ3n) is 4.93. The molecule has 10 heteroatoms. The maximum Gasteiger partial charge on any atom is 0.251 e. The van der Waals surface area contributed by atoms with Crippen LogP contribution in [0.25, 0.3) is 0 Å². The number of thioether (sulfide) groups is 1. The highest BCUT2D eigenvalue weighted by atomic mass is 32.2. The van der Waals surface area contributed by atoms with Crippen LogP contribution < -0.4 is 20.1 Å². The van der Waals surface area contributed by atoms with Crippen molar-refractivity contribution in [1.82, 2.24) is 20.1 Å². The lowest BCUT2D eigenvalue weighted by Gasteiger charge is -2.15. The van der Waals surface area contributed by atoms with Crippen LogP contribution in [0, 0.1) is 0 Å². The molecule has 2 N–H and O–H groups in total. The zero-order valence-electron chi connectivity index (χ0n) is 19.7. The second-order valence-corrected chi connectivity index (χ2v) is 8.25. The van der Waals surface area contributed by atoms with Crippen molar-refractivity contribution in [3.63, 3.8) is 0 Å². The van der Waals surface area contributed by atoms with Crippen molar-refractivity contribution in [2.75, 3.05) is 24.8 Å². The van der Waals surface area contributed by atoms with E-state index in [-0.39, 0.29) is 23.6 Å². The predicted molar refractivity (Wildman–Crippen MR) is 132 cm³/mol. The maximum atomic E-state index is 12.6. The molecule has 180 valence electrons. The summed E-state index contributed by atoms with van der Waals surface area (Å²) in [5.41, 5.74) is 1.22. The van der Waals surface area contributed by atoms with Gasteiger partial charge in [-0.25, -0.2) is 0 Å². The van der Waals surface area contributed by atoms with Gasteiger partial charge in [0.25, 0.3) is 5.91 Å². The number of aromatic nitrogens is 3. The Labute approximate surface area is 203 Å². The van der Waals surface area contributed by atoms with Crippen molar-refractivity contribution in [1.29, 1.82) is 0 Å². The monoisotopic (exact) mass is 483 g/mol. The standard InChI is InChI=1S/C24H29N5O4S/c1-5-29-22(16(3)25-23(31)17-7-11-19(32-4)12-8-17)27-28-24(29)34-15-21(30)26-18-9-13-20(14-10-18)33-6-2/h7-14,16H,5-6,15H2,1-4H3,(H,25,31)(H,26,30)/t16-/m1/s1. The minimum absolute atomic E-state index is 0.151. The molecule has 0 aliphatic carbocycles. The van der Waals surface area contributed by atoms with E-state index in [1.165, 1.54) is 11.8 Å². The Morgan fingerprint density at radius 1 is 1.03 bits per heavy atom. The molecule has 9 nitrogen and oxygen atoms in total. The van der Waals surface area contributed by atoms with Gasteiger partial charge in [0.1, 0.15) is 11.5 Å². The molecule has 3 aromatic rings. The van der Waals surface area contributed by atoms with Crippen LogP contribution in [0.5, 0.6) is 11.5 Å². The van der Waals surface area contributed by atoms with Crippen molar-refractivity contribution in [3.8, 4) is 11.5 Å². The predicted octanol–water partition coefficient (Wildman–Crippen LogP) is 3.93. The number of carbonyl (C=O) groups excluding carboxylic acids is 2. The van der Waals surface area contributed by atoms with Gasteiger partial charge >= 0.3 is 0 Å². The molecule has 0 saturated carbocycles. The van der Waals surface area contributed by atoms with Crippen molar-refractivity contribution in [2.24, 2.45) is 0 Å². The minimum Gasteiger partial charge on any atom is -0.497 e. The van der Waals surface area contributed by atoms with Gasteiger partial charge in [0.05, 0.1) is 25.5 Å². The van der Waals surface area contributed by atoms with Gasteiger partial charge in [-0.2, -0.15) is 0 Å². The number of benzene rings is 2. The number of anilines is 1. The molecule has 3 rings (SSSR count). The first-order valence-electron chi connectivity index (χ1n) is 11.0. The highest BCUT2D eigenvalue weighted by molar-refractivity contribution is 7.99. The highest BCUT2D eigenvalue weighted by Gasteiger charge is 2.20. The fraction of sp³-hybridized carbons (Fsp3) is 0.333. The molecular formula is C24H29N5O4S. The Morgan fingerprint density at radius 2 is 1.71 bits per heavy atom. The Kier molecular flexibility index (Phi) is 8.92. The van der Waals surface area contributed by atoms with Crippen LogP contribution in [0.1, 0.15) is 43.0 Å². The van der Waals surface area contributed by atoms with Gasteiger partial charge in [0, 0.05) is 17.8 Å². The van der Waals surface area contributed by atoms with Gasteiger partial charge in [-0.3, -0.25) is 9.59 Å². The molecule has 2 amide bonds. The van der Waals surface area contributed by atoms with Crippen LogP contribution in [0.2, 0.25) is 0 Å². The molecule has 1 aromatic heterocycles. The number of carbonyl (C=O) groups is 2. The normalized spacial score (nSPS) is 11.5. The number of amides is 2. The zero-order valence-corrected chi connectivity index (χ0v) is 20.5. The summed E-state index contributed by atoms with van der Waals surface area (Å²) in [5, 5.41) is 14.9. The van der Waals surface area contributed by atoms with E-state index in [0.29, 0.717) is 41.1 Å². The number of nitrogens with zero attached hydrogens (tertiary/aromatic N) is 3. The quantitative estimate of drug-likeness (QED) is 0.398. The lowest BCUT2D eigenvalue weighted by atomic mass is 10.2. The van der Waals surface area contributed by atoms with E-state index >= 15 is 0 Å². The largest absolute Gasteiger partial charge is 0.497 e. The molecule has 34 heavy (non-hydrogen) atoms. The summed E-state index contributed by atoms with van der Waals surface area (Å²) >= 11 is 1.29. The molecule has 0 fully saturated rings. The molecule has 1 atom stereocenters. The smallest absolute Gasteiger partial charge is 0.251 e. The van der Waals surface area contributed by atoms with Crippen LogP contribution in [0.3, 0.4) is 0 Å². The van der Waals surface area contributed by atoms with Crippen LogP contribution >= 0.6 is 11.8 Å². The van der Waals surface area contributed by atoms with E-state index in [1.54, 1.807) is 43.5 Å². The van der Waals surface area contributed by atoms with Gasteiger partial charge in [-0.1, -0.05) is 11.8 Å². The van der Waals surface area contributed by atoms with E-state index in [2.05, 4.69) is 20.8 Å². The van der Waals surface area contributed by atoms with Crippen LogP contribution in [0.4, 0.5) is 5.69 Å². The first-order chi connectivity index (χ1) is 16.4. The fourth-order valence-corrected chi connectivity index (χ4v) is 4.05. The van der Waals surface area contributed by atoms with Crippen molar-refractivity contribution < 1.29 is 19.1 Å². The van der Waals surface area contributed by atoms with Crippen molar-refractivity contribution in [3.05, 3.63) is 59.9 Å². The van der Waals surface area contributed by atoms with E-state index < -0.39 is 0 Å². The summed E-state index contributed by atoms with van der Waals surface area (Å²) in [4.78, 5) is 25.0. The van der Waals surface area contributed by atoms with E-state index in [9.17, 15) is 9.59 Å². The second-order valence-electron chi connectivity index (χ2n) is 7.30. The number of hydrogen-bond acceptors (Lipinski definition) is 7. The van der Waals surface area contributed by atoms with Gasteiger partial charge in [0.15, 0.2) is 11.0 Å². The summed E-state index contributed by atoms with van der Waals surface area (Å²) in [6, 6.07) is 13.7. The number of ether oxygens (including phenoxy) is 2. The second kappa shape index (κ2) is 12.1. The van der Waals surface area contributed by atoms with Crippen molar-refractivity contribution >= 4 is 29.3 Å². The molecule has 0 radical (unpaired) electrons. The lowest BCUT2D eigenvalue weighted by Crippen LogP contribution is -2.28. The number of methoxy groups -OCH3 is 1. The Hall–Kier alpha value is -3.53. The molecular weight excluding hydrogens is 454 g/mol. The number of nitrogens with one attached hydrogen (secondary N) is 2. The maximum absolute atomic E-state index is 12.6. The molecule has 0 spiro atoms. The van der Waals surface area contributed by atoms with Gasteiger partial charge in [-0.05, 0) is 69.3 Å². The molecule has 0 unspecified atom stereocenters. The summed E-state index contributed by atoms with van der Waals surface area (Å²) in [7, 11) is 1.58. The lowest BCUT2D eigenvalue weighted by molar-refractivity contribution is -0.113. The summed E-state index contributed by atoms with van der Waals surface area (Å²) in [6.45, 7) is 6.93. The first kappa shape index (κ1) is 25.1. The highest BCUT2D eigenvalue weighted by Crippen LogP contribution is 2.22. The fourth-order valence-electron chi connectivity index (χ4n) is 3.24. The molecule has 0 aliphatic heterocycles. The summed E-state index contributed by atoms with van der Waals surface area (Å²) in [6.07, 6.45) is 0. The average molecular weight is 484 g/mol. The third-order valence-corrected chi connectivity index (χ3v) is 5.90. The van der Waals surface area contributed by atoms with Gasteiger partial charge in [-0.15, -0.1) is 10.2 Å². The minimum atomic E-state index is -0.367. The van der Waals surface area contributed by atoms with E-state index in [1.807, 2.05) is 37.5 Å². The molecule has 1 heterocycles. The zero-order chi connectivity index (χ0) is 24.5. The SMILES string of the molecule is CCOc1ccc(NC(=O)CSc2nnc([C@@H](C)NC(=O)c3ccc(OC)cc3)n2CC)cc1.